The molecule has 0 amide bonds. The predicted molar refractivity (Wildman–Crippen MR) is 65.9 cm³/mol. The number of hydrogen-bond donors (Lipinski definition) is 0. The Morgan fingerprint density at radius 1 is 1.62 bits per heavy atom. The number of carbonyl (C=O) groups is 1. The lowest BCUT2D eigenvalue weighted by atomic mass is 10.4. The first-order chi connectivity index (χ1) is 6.20. The number of hydrogen-bond acceptors (Lipinski definition) is 4. The normalized spacial score (nSPS) is 22.7. The summed E-state index contributed by atoms with van der Waals surface area (Å²) >= 11 is 5.41. The van der Waals surface area contributed by atoms with Crippen molar-refractivity contribution in [3.63, 3.8) is 0 Å². The summed E-state index contributed by atoms with van der Waals surface area (Å²) in [5, 5.41) is 0.809. The highest BCUT2D eigenvalue weighted by Crippen LogP contribution is 2.27. The van der Waals surface area contributed by atoms with Crippen molar-refractivity contribution >= 4 is 40.4 Å². The molecule has 1 heterocycles. The van der Waals surface area contributed by atoms with Crippen LogP contribution in [0.4, 0.5) is 0 Å². The molecular formula is C9H14OS3. The molecule has 1 saturated heterocycles. The summed E-state index contributed by atoms with van der Waals surface area (Å²) in [7, 11) is 0. The highest BCUT2D eigenvalue weighted by Gasteiger charge is 2.15. The average molecular weight is 234 g/mol. The molecule has 0 aliphatic carbocycles. The zero-order chi connectivity index (χ0) is 9.68. The summed E-state index contributed by atoms with van der Waals surface area (Å²) in [6.07, 6.45) is 0. The Morgan fingerprint density at radius 3 is 2.92 bits per heavy atom. The molecule has 74 valence electrons. The molecule has 1 atom stereocenters. The second-order valence-electron chi connectivity index (χ2n) is 2.95. The van der Waals surface area contributed by atoms with Gasteiger partial charge in [-0.25, -0.2) is 0 Å². The predicted octanol–water partition coefficient (Wildman–Crippen LogP) is 2.67. The summed E-state index contributed by atoms with van der Waals surface area (Å²) in [6.45, 7) is 5.41. The Balaban J connectivity index is 2.17. The Morgan fingerprint density at radius 2 is 2.38 bits per heavy atom. The van der Waals surface area contributed by atoms with Crippen molar-refractivity contribution in [2.45, 2.75) is 12.2 Å². The van der Waals surface area contributed by atoms with Gasteiger partial charge in [-0.1, -0.05) is 18.3 Å². The minimum absolute atomic E-state index is 0.149. The van der Waals surface area contributed by atoms with E-state index in [2.05, 4.69) is 6.58 Å². The maximum absolute atomic E-state index is 11.2. The van der Waals surface area contributed by atoms with Crippen LogP contribution in [0.15, 0.2) is 12.2 Å². The lowest BCUT2D eigenvalue weighted by Gasteiger charge is -2.19. The zero-order valence-electron chi connectivity index (χ0n) is 7.75. The highest BCUT2D eigenvalue weighted by atomic mass is 32.2. The van der Waals surface area contributed by atoms with Gasteiger partial charge in [0, 0.05) is 28.3 Å². The van der Waals surface area contributed by atoms with E-state index in [1.165, 1.54) is 29.0 Å². The van der Waals surface area contributed by atoms with Crippen molar-refractivity contribution in [1.29, 1.82) is 0 Å². The Bertz CT molecular complexity index is 197. The van der Waals surface area contributed by atoms with Crippen LogP contribution in [0, 0.1) is 0 Å². The van der Waals surface area contributed by atoms with Gasteiger partial charge in [0.2, 0.25) is 5.12 Å². The number of thioether (sulfide) groups is 3. The topological polar surface area (TPSA) is 17.1 Å². The van der Waals surface area contributed by atoms with E-state index in [-0.39, 0.29) is 5.12 Å². The molecule has 0 N–H and O–H groups in total. The highest BCUT2D eigenvalue weighted by molar-refractivity contribution is 8.15. The van der Waals surface area contributed by atoms with Crippen LogP contribution in [0.1, 0.15) is 6.92 Å². The maximum Gasteiger partial charge on any atom is 0.214 e. The van der Waals surface area contributed by atoms with E-state index in [0.717, 1.165) is 5.75 Å². The smallest absolute Gasteiger partial charge is 0.214 e. The third-order valence-corrected chi connectivity index (χ3v) is 5.87. The molecule has 0 spiro atoms. The molecule has 13 heavy (non-hydrogen) atoms. The van der Waals surface area contributed by atoms with Crippen molar-refractivity contribution < 1.29 is 4.79 Å². The molecular weight excluding hydrogens is 220 g/mol. The summed E-state index contributed by atoms with van der Waals surface area (Å²) in [4.78, 5) is 11.2. The van der Waals surface area contributed by atoms with Gasteiger partial charge in [0.1, 0.15) is 0 Å². The van der Waals surface area contributed by atoms with Crippen molar-refractivity contribution in [1.82, 2.24) is 0 Å². The molecule has 4 heteroatoms. The standard InChI is InChI=1S/C9H14OS3/c1-7(2)9(10)13-6-8-5-11-3-4-12-8/h8H,1,3-6H2,2H3. The Labute approximate surface area is 92.5 Å². The van der Waals surface area contributed by atoms with E-state index >= 15 is 0 Å². The van der Waals surface area contributed by atoms with Crippen LogP contribution in [0.25, 0.3) is 0 Å². The van der Waals surface area contributed by atoms with Crippen LogP contribution in [0.5, 0.6) is 0 Å². The largest absolute Gasteiger partial charge is 0.282 e. The van der Waals surface area contributed by atoms with Crippen LogP contribution in [0.2, 0.25) is 0 Å². The van der Waals surface area contributed by atoms with E-state index in [1.54, 1.807) is 6.92 Å². The van der Waals surface area contributed by atoms with Gasteiger partial charge in [-0.2, -0.15) is 23.5 Å². The van der Waals surface area contributed by atoms with Gasteiger partial charge in [0.15, 0.2) is 0 Å². The molecule has 1 nitrogen and oxygen atoms in total. The summed E-state index contributed by atoms with van der Waals surface area (Å²) in [6, 6.07) is 0. The molecule has 1 aliphatic rings. The molecule has 0 aromatic carbocycles. The van der Waals surface area contributed by atoms with Crippen LogP contribution in [-0.2, 0) is 4.79 Å². The van der Waals surface area contributed by atoms with E-state index in [0.29, 0.717) is 10.8 Å². The first-order valence-corrected chi connectivity index (χ1v) is 7.41. The summed E-state index contributed by atoms with van der Waals surface area (Å²) < 4.78 is 0. The summed E-state index contributed by atoms with van der Waals surface area (Å²) in [5.74, 6) is 4.64. The van der Waals surface area contributed by atoms with Crippen LogP contribution >= 0.6 is 35.3 Å². The third-order valence-electron chi connectivity index (χ3n) is 1.63. The molecule has 1 unspecified atom stereocenters. The van der Waals surface area contributed by atoms with Gasteiger partial charge >= 0.3 is 0 Å². The quantitative estimate of drug-likeness (QED) is 0.698. The fourth-order valence-electron chi connectivity index (χ4n) is 0.925. The number of carbonyl (C=O) groups excluding carboxylic acids is 1. The Hall–Kier alpha value is 0.460. The molecule has 1 rings (SSSR count). The van der Waals surface area contributed by atoms with Crippen molar-refractivity contribution in [2.24, 2.45) is 0 Å². The van der Waals surface area contributed by atoms with Gasteiger partial charge in [0.25, 0.3) is 0 Å². The van der Waals surface area contributed by atoms with Gasteiger partial charge in [0.05, 0.1) is 0 Å². The van der Waals surface area contributed by atoms with E-state index in [9.17, 15) is 4.79 Å². The fraction of sp³-hybridized carbons (Fsp3) is 0.667. The SMILES string of the molecule is C=C(C)C(=O)SCC1CSCCS1. The van der Waals surface area contributed by atoms with Crippen molar-refractivity contribution in [2.75, 3.05) is 23.0 Å². The third kappa shape index (κ3) is 4.47. The van der Waals surface area contributed by atoms with Crippen molar-refractivity contribution in [3.05, 3.63) is 12.2 Å². The van der Waals surface area contributed by atoms with Crippen LogP contribution in [-0.4, -0.2) is 33.4 Å². The van der Waals surface area contributed by atoms with Gasteiger partial charge in [-0.15, -0.1) is 0 Å². The van der Waals surface area contributed by atoms with Crippen LogP contribution in [0.3, 0.4) is 0 Å². The molecule has 0 aromatic rings. The molecule has 1 aliphatic heterocycles. The van der Waals surface area contributed by atoms with E-state index in [1.807, 2.05) is 23.5 Å². The fourth-order valence-corrected chi connectivity index (χ4v) is 4.78. The molecule has 0 aromatic heterocycles. The molecule has 1 fully saturated rings. The van der Waals surface area contributed by atoms with Crippen LogP contribution < -0.4 is 0 Å². The van der Waals surface area contributed by atoms with Gasteiger partial charge in [-0.05, 0) is 12.5 Å². The van der Waals surface area contributed by atoms with E-state index in [4.69, 9.17) is 0 Å². The van der Waals surface area contributed by atoms with Gasteiger partial charge in [-0.3, -0.25) is 4.79 Å². The lowest BCUT2D eigenvalue weighted by Crippen LogP contribution is -2.17. The first kappa shape index (κ1) is 11.5. The number of rotatable bonds is 3. The lowest BCUT2D eigenvalue weighted by molar-refractivity contribution is -0.107. The second kappa shape index (κ2) is 6.04. The maximum atomic E-state index is 11.2. The van der Waals surface area contributed by atoms with Gasteiger partial charge < -0.3 is 0 Å². The molecule has 0 radical (unpaired) electrons. The van der Waals surface area contributed by atoms with E-state index < -0.39 is 0 Å². The second-order valence-corrected chi connectivity index (χ2v) is 6.50. The first-order valence-electron chi connectivity index (χ1n) is 4.22. The zero-order valence-corrected chi connectivity index (χ0v) is 10.2. The summed E-state index contributed by atoms with van der Waals surface area (Å²) in [5.41, 5.74) is 0.665. The minimum atomic E-state index is 0.149. The Kier molecular flexibility index (Phi) is 5.36. The minimum Gasteiger partial charge on any atom is -0.282 e. The molecule has 0 saturated carbocycles. The monoisotopic (exact) mass is 234 g/mol. The average Bonchev–Trinajstić information content (AvgIpc) is 2.15. The molecule has 0 bridgehead atoms. The van der Waals surface area contributed by atoms with Crippen molar-refractivity contribution in [3.8, 4) is 0 Å².